The molecule has 0 saturated heterocycles. The highest BCUT2D eigenvalue weighted by molar-refractivity contribution is 6.24. The van der Waals surface area contributed by atoms with Gasteiger partial charge in [0, 0.05) is 27.7 Å². The van der Waals surface area contributed by atoms with Gasteiger partial charge in [-0.05, 0) is 131 Å². The Balaban J connectivity index is 1.13. The fourth-order valence-corrected chi connectivity index (χ4v) is 10.5. The van der Waals surface area contributed by atoms with Crippen molar-refractivity contribution in [2.24, 2.45) is 0 Å². The lowest BCUT2D eigenvalue weighted by Gasteiger charge is -2.32. The third-order valence-electron chi connectivity index (χ3n) is 13.6. The van der Waals surface area contributed by atoms with E-state index < -0.39 is 0 Å². The molecule has 1 nitrogen and oxygen atoms in total. The number of nitrogens with zero attached hydrogens (tertiary/aromatic N) is 1. The zero-order valence-electron chi connectivity index (χ0n) is 36.0. The van der Waals surface area contributed by atoms with Gasteiger partial charge in [-0.25, -0.2) is 0 Å². The predicted molar refractivity (Wildman–Crippen MR) is 273 cm³/mol. The lowest BCUT2D eigenvalue weighted by atomic mass is 9.82. The summed E-state index contributed by atoms with van der Waals surface area (Å²) in [6, 6.07) is 87.4. The van der Waals surface area contributed by atoms with Crippen molar-refractivity contribution < 1.29 is 0 Å². The summed E-state index contributed by atoms with van der Waals surface area (Å²) in [5.41, 5.74) is 18.2. The number of hydrogen-bond donors (Lipinski definition) is 0. The van der Waals surface area contributed by atoms with Crippen LogP contribution in [0.3, 0.4) is 0 Å². The van der Waals surface area contributed by atoms with E-state index in [2.05, 4.69) is 255 Å². The summed E-state index contributed by atoms with van der Waals surface area (Å²) in [5, 5.41) is 7.38. The topological polar surface area (TPSA) is 3.24 Å². The van der Waals surface area contributed by atoms with Gasteiger partial charge < -0.3 is 4.90 Å². The average molecular weight is 816 g/mol. The largest absolute Gasteiger partial charge is 0.309 e. The molecule has 0 fully saturated rings. The van der Waals surface area contributed by atoms with Crippen molar-refractivity contribution in [3.63, 3.8) is 0 Å². The van der Waals surface area contributed by atoms with Crippen molar-refractivity contribution in [1.29, 1.82) is 0 Å². The first-order valence-electron chi connectivity index (χ1n) is 22.3. The van der Waals surface area contributed by atoms with Crippen LogP contribution in [0.25, 0.3) is 88.0 Å². The van der Waals surface area contributed by atoms with Crippen LogP contribution in [0.2, 0.25) is 0 Å². The zero-order chi connectivity index (χ0) is 42.8. The second kappa shape index (κ2) is 15.1. The van der Waals surface area contributed by atoms with Gasteiger partial charge in [0.2, 0.25) is 0 Å². The first kappa shape index (κ1) is 37.7. The summed E-state index contributed by atoms with van der Waals surface area (Å²) in [5.74, 6) is 0. The maximum absolute atomic E-state index is 2.55. The van der Waals surface area contributed by atoms with E-state index in [-0.39, 0.29) is 5.41 Å². The van der Waals surface area contributed by atoms with E-state index in [1.807, 2.05) is 0 Å². The second-order valence-electron chi connectivity index (χ2n) is 17.7. The minimum atomic E-state index is -0.165. The highest BCUT2D eigenvalue weighted by Crippen LogP contribution is 2.54. The van der Waals surface area contributed by atoms with Crippen LogP contribution in [0.1, 0.15) is 25.0 Å². The SMILES string of the molecule is CC1(C)c2ccccc2-c2ccc(N(c3ccc(-c4cc(-c5ccccc5)cc(-c5ccccc5)c4)cc3)c3c(-c4cccc5ccccc45)c4ccccc4c4ccccc34)cc21. The van der Waals surface area contributed by atoms with Crippen LogP contribution in [-0.4, -0.2) is 0 Å². The molecule has 0 heterocycles. The summed E-state index contributed by atoms with van der Waals surface area (Å²) in [6.07, 6.45) is 0. The molecule has 302 valence electrons. The van der Waals surface area contributed by atoms with Crippen molar-refractivity contribution in [1.82, 2.24) is 0 Å². The van der Waals surface area contributed by atoms with E-state index in [1.54, 1.807) is 0 Å². The van der Waals surface area contributed by atoms with Crippen molar-refractivity contribution in [2.75, 3.05) is 4.90 Å². The highest BCUT2D eigenvalue weighted by atomic mass is 15.1. The Morgan fingerprint density at radius 3 is 1.44 bits per heavy atom. The molecule has 1 aliphatic rings. The van der Waals surface area contributed by atoms with Gasteiger partial charge in [0.05, 0.1) is 5.69 Å². The summed E-state index contributed by atoms with van der Waals surface area (Å²) in [7, 11) is 0. The molecular formula is C63H45N. The number of fused-ring (bicyclic) bond motifs is 7. The molecule has 0 spiro atoms. The van der Waals surface area contributed by atoms with Gasteiger partial charge in [-0.2, -0.15) is 0 Å². The molecule has 0 aliphatic heterocycles. The van der Waals surface area contributed by atoms with Crippen molar-refractivity contribution in [3.05, 3.63) is 248 Å². The van der Waals surface area contributed by atoms with Crippen LogP contribution in [0.4, 0.5) is 17.1 Å². The molecule has 0 amide bonds. The Kier molecular flexibility index (Phi) is 8.91. The van der Waals surface area contributed by atoms with E-state index in [0.717, 1.165) is 11.4 Å². The normalized spacial score (nSPS) is 12.7. The van der Waals surface area contributed by atoms with Gasteiger partial charge >= 0.3 is 0 Å². The molecule has 1 heteroatoms. The van der Waals surface area contributed by atoms with E-state index >= 15 is 0 Å². The van der Waals surface area contributed by atoms with Gasteiger partial charge in [0.25, 0.3) is 0 Å². The Morgan fingerprint density at radius 1 is 0.297 bits per heavy atom. The fourth-order valence-electron chi connectivity index (χ4n) is 10.5. The molecule has 0 saturated carbocycles. The van der Waals surface area contributed by atoms with Crippen LogP contribution in [0.5, 0.6) is 0 Å². The van der Waals surface area contributed by atoms with Gasteiger partial charge in [0.15, 0.2) is 0 Å². The molecule has 0 bridgehead atoms. The monoisotopic (exact) mass is 815 g/mol. The maximum Gasteiger partial charge on any atom is 0.0625 e. The molecule has 0 unspecified atom stereocenters. The summed E-state index contributed by atoms with van der Waals surface area (Å²) in [4.78, 5) is 2.55. The van der Waals surface area contributed by atoms with E-state index in [4.69, 9.17) is 0 Å². The van der Waals surface area contributed by atoms with Crippen LogP contribution >= 0.6 is 0 Å². The standard InChI is InChI=1S/C63H45N/c1-63(2)59-31-16-15-27-54(59)55-37-36-50(41-60(55)63)64(49-34-32-44(33-35-49)48-39-46(42-18-5-3-6-19-42)38-47(40-48)43-20-7-4-8-21-43)62-58-29-14-12-26-53(58)52-25-11-13-28-57(52)61(62)56-30-17-23-45-22-9-10-24-51(45)56/h3-41H,1-2H3. The third-order valence-corrected chi connectivity index (χ3v) is 13.6. The first-order chi connectivity index (χ1) is 31.5. The third kappa shape index (κ3) is 6.15. The first-order valence-corrected chi connectivity index (χ1v) is 22.3. The van der Waals surface area contributed by atoms with Crippen LogP contribution in [0.15, 0.2) is 237 Å². The molecule has 12 rings (SSSR count). The van der Waals surface area contributed by atoms with Crippen LogP contribution in [-0.2, 0) is 5.41 Å². The molecule has 0 radical (unpaired) electrons. The van der Waals surface area contributed by atoms with Gasteiger partial charge in [-0.3, -0.25) is 0 Å². The molecule has 1 aliphatic carbocycles. The minimum absolute atomic E-state index is 0.165. The number of rotatable bonds is 7. The Labute approximate surface area is 375 Å². The Morgan fingerprint density at radius 2 is 0.766 bits per heavy atom. The van der Waals surface area contributed by atoms with Crippen molar-refractivity contribution in [3.8, 4) is 55.6 Å². The van der Waals surface area contributed by atoms with Gasteiger partial charge in [-0.15, -0.1) is 0 Å². The summed E-state index contributed by atoms with van der Waals surface area (Å²) < 4.78 is 0. The Bertz CT molecular complexity index is 3500. The number of benzene rings is 11. The van der Waals surface area contributed by atoms with Gasteiger partial charge in [-0.1, -0.05) is 208 Å². The van der Waals surface area contributed by atoms with E-state index in [0.29, 0.717) is 0 Å². The van der Waals surface area contributed by atoms with Gasteiger partial charge in [0.1, 0.15) is 0 Å². The maximum atomic E-state index is 2.55. The summed E-state index contributed by atoms with van der Waals surface area (Å²) in [6.45, 7) is 4.75. The highest BCUT2D eigenvalue weighted by Gasteiger charge is 2.36. The Hall–Kier alpha value is -8.00. The molecule has 0 aromatic heterocycles. The molecule has 0 atom stereocenters. The van der Waals surface area contributed by atoms with E-state index in [1.165, 1.54) is 105 Å². The fraction of sp³-hybridized carbons (Fsp3) is 0.0476. The molecular weight excluding hydrogens is 771 g/mol. The summed E-state index contributed by atoms with van der Waals surface area (Å²) >= 11 is 0. The predicted octanol–water partition coefficient (Wildman–Crippen LogP) is 17.6. The molecule has 64 heavy (non-hydrogen) atoms. The lowest BCUT2D eigenvalue weighted by Crippen LogP contribution is -2.17. The zero-order valence-corrected chi connectivity index (χ0v) is 36.0. The van der Waals surface area contributed by atoms with Crippen molar-refractivity contribution in [2.45, 2.75) is 19.3 Å². The number of anilines is 3. The van der Waals surface area contributed by atoms with Crippen LogP contribution < -0.4 is 4.90 Å². The minimum Gasteiger partial charge on any atom is -0.309 e. The van der Waals surface area contributed by atoms with Crippen LogP contribution in [0, 0.1) is 0 Å². The molecule has 11 aromatic rings. The molecule has 11 aromatic carbocycles. The quantitative estimate of drug-likeness (QED) is 0.145. The van der Waals surface area contributed by atoms with E-state index in [9.17, 15) is 0 Å². The number of hydrogen-bond acceptors (Lipinski definition) is 1. The molecule has 0 N–H and O–H groups in total. The smallest absolute Gasteiger partial charge is 0.0625 e. The average Bonchev–Trinajstić information content (AvgIpc) is 3.59. The lowest BCUT2D eigenvalue weighted by molar-refractivity contribution is 0.660. The second-order valence-corrected chi connectivity index (χ2v) is 17.7. The van der Waals surface area contributed by atoms with Crippen molar-refractivity contribution >= 4 is 49.4 Å².